The fourth-order valence-electron chi connectivity index (χ4n) is 8.24. The third-order valence-electron chi connectivity index (χ3n) is 12.3. The summed E-state index contributed by atoms with van der Waals surface area (Å²) in [5.74, 6) is -0.935. The van der Waals surface area contributed by atoms with Crippen LogP contribution in [0.25, 0.3) is 0 Å². The Hall–Kier alpha value is -5.37. The van der Waals surface area contributed by atoms with E-state index >= 15 is 0 Å². The van der Waals surface area contributed by atoms with Crippen molar-refractivity contribution in [2.75, 3.05) is 120 Å². The zero-order valence-electron chi connectivity index (χ0n) is 39.5. The molecule has 3 fully saturated rings. The van der Waals surface area contributed by atoms with Crippen molar-refractivity contribution in [2.45, 2.75) is 50.6 Å². The molecule has 25 heteroatoms. The van der Waals surface area contributed by atoms with Crippen molar-refractivity contribution in [1.29, 1.82) is 0 Å². The highest BCUT2D eigenvalue weighted by Crippen LogP contribution is 2.27. The van der Waals surface area contributed by atoms with Gasteiger partial charge in [0.15, 0.2) is 0 Å². The van der Waals surface area contributed by atoms with E-state index in [0.29, 0.717) is 70.6 Å². The number of likely N-dealkylation sites (N-methyl/N-ethyl adjacent to an activating group) is 1. The Labute approximate surface area is 412 Å². The molecule has 382 valence electrons. The molecule has 5 heterocycles. The number of aromatic nitrogens is 4. The van der Waals surface area contributed by atoms with Gasteiger partial charge in [0.25, 0.3) is 0 Å². The predicted molar refractivity (Wildman–Crippen MR) is 264 cm³/mol. The number of piperazine rings is 1. The summed E-state index contributed by atoms with van der Waals surface area (Å²) in [6, 6.07) is 7.20. The maximum atomic E-state index is 13.7. The summed E-state index contributed by atoms with van der Waals surface area (Å²) in [6.45, 7) is 6.39. The van der Waals surface area contributed by atoms with Gasteiger partial charge in [-0.2, -0.15) is 9.97 Å². The minimum Gasteiger partial charge on any atom is -0.496 e. The number of nitrogen functional groups attached to an aromatic ring is 2. The van der Waals surface area contributed by atoms with Gasteiger partial charge >= 0.3 is 0 Å². The van der Waals surface area contributed by atoms with Gasteiger partial charge in [-0.3, -0.25) is 9.59 Å². The molecule has 3 aliphatic rings. The van der Waals surface area contributed by atoms with E-state index in [9.17, 15) is 35.2 Å². The standard InChI is InChI=1S/C25H36FN7O4S.C20H25ClFN5O4S/c1-31-11-13-32(14-12-31)8-3-15-38(35,36)33-9-6-19(7-10-33)29-25-28-17-21(24(27)30-25)23(34)20-16-18(26)4-5-22(20)37-2;1-31-17-4-3-13(22)11-15(17)18(28)16-12-24-20(26-19(16)23)25-14-5-8-27(9-6-14)32(29,30)10-2-7-21/h4-5,16-17,19H,3,6-15H2,1-2H3,(H3,27,28,29,30);3-4,11-12,14H,2,5-10H2,1H3,(H3,23,24,25,26). The first-order valence-electron chi connectivity index (χ1n) is 22.9. The topological polar surface area (TPSA) is 262 Å². The number of rotatable bonds is 19. The first-order valence-corrected chi connectivity index (χ1v) is 26.6. The van der Waals surface area contributed by atoms with Crippen LogP contribution in [-0.2, 0) is 20.0 Å². The Balaban J connectivity index is 0.000000233. The lowest BCUT2D eigenvalue weighted by atomic mass is 10.0. The first kappa shape index (κ1) is 54.0. The summed E-state index contributed by atoms with van der Waals surface area (Å²) >= 11 is 5.60. The van der Waals surface area contributed by atoms with Gasteiger partial charge in [0.2, 0.25) is 43.5 Å². The van der Waals surface area contributed by atoms with E-state index in [4.69, 9.17) is 32.5 Å². The molecule has 2 aromatic carbocycles. The highest BCUT2D eigenvalue weighted by Gasteiger charge is 2.30. The maximum Gasteiger partial charge on any atom is 0.224 e. The van der Waals surface area contributed by atoms with Crippen molar-refractivity contribution in [3.63, 3.8) is 0 Å². The first-order chi connectivity index (χ1) is 33.4. The Bertz CT molecular complexity index is 2670. The average molecular weight is 1040 g/mol. The SMILES string of the molecule is COc1ccc(F)cc1C(=O)c1cnc(NC2CCN(S(=O)(=O)CCCCl)CC2)nc1N.COc1ccc(F)cc1C(=O)c1cnc(NC2CCN(S(=O)(=O)CCCN3CCN(C)CC3)CC2)nc1N. The number of sulfonamides is 2. The van der Waals surface area contributed by atoms with Crippen LogP contribution in [0.5, 0.6) is 11.5 Å². The fourth-order valence-corrected chi connectivity index (χ4v) is 11.6. The molecule has 0 bridgehead atoms. The molecule has 3 saturated heterocycles. The maximum absolute atomic E-state index is 13.7. The van der Waals surface area contributed by atoms with Crippen LogP contribution in [0.4, 0.5) is 32.3 Å². The summed E-state index contributed by atoms with van der Waals surface area (Å²) in [5, 5.41) is 6.32. The molecule has 0 atom stereocenters. The van der Waals surface area contributed by atoms with E-state index < -0.39 is 43.2 Å². The Morgan fingerprint density at radius 2 is 1.09 bits per heavy atom. The molecule has 0 radical (unpaired) electrons. The summed E-state index contributed by atoms with van der Waals surface area (Å²) in [6.07, 6.45) is 5.98. The van der Waals surface area contributed by atoms with Crippen LogP contribution in [0.15, 0.2) is 48.8 Å². The number of hydrogen-bond donors (Lipinski definition) is 4. The third kappa shape index (κ3) is 14.4. The van der Waals surface area contributed by atoms with Crippen LogP contribution in [0.3, 0.4) is 0 Å². The van der Waals surface area contributed by atoms with Gasteiger partial charge in [-0.1, -0.05) is 0 Å². The van der Waals surface area contributed by atoms with E-state index in [1.807, 2.05) is 0 Å². The van der Waals surface area contributed by atoms with Gasteiger partial charge in [-0.15, -0.1) is 11.6 Å². The number of ketones is 2. The lowest BCUT2D eigenvalue weighted by Crippen LogP contribution is -2.46. The molecular formula is C45H61ClF2N12O8S2. The van der Waals surface area contributed by atoms with E-state index in [-0.39, 0.29) is 80.9 Å². The number of benzene rings is 2. The Kier molecular flexibility index (Phi) is 19.0. The molecule has 0 unspecified atom stereocenters. The number of hydrogen-bond acceptors (Lipinski definition) is 18. The second-order valence-electron chi connectivity index (χ2n) is 17.1. The average Bonchev–Trinajstić information content (AvgIpc) is 3.34. The number of carbonyl (C=O) groups is 2. The normalized spacial score (nSPS) is 17.1. The van der Waals surface area contributed by atoms with E-state index in [0.717, 1.165) is 44.9 Å². The minimum absolute atomic E-state index is 0.0197. The quantitative estimate of drug-likeness (QED) is 0.0773. The number of nitrogens with zero attached hydrogens (tertiary/aromatic N) is 8. The second kappa shape index (κ2) is 24.6. The molecular weight excluding hydrogens is 974 g/mol. The highest BCUT2D eigenvalue weighted by molar-refractivity contribution is 7.89. The van der Waals surface area contributed by atoms with Gasteiger partial charge in [0, 0.05) is 82.7 Å². The van der Waals surface area contributed by atoms with Crippen molar-refractivity contribution in [1.82, 2.24) is 38.3 Å². The fraction of sp³-hybridized carbons (Fsp3) is 0.511. The molecule has 0 saturated carbocycles. The van der Waals surface area contributed by atoms with Crippen LogP contribution in [-0.4, -0.2) is 176 Å². The smallest absolute Gasteiger partial charge is 0.224 e. The van der Waals surface area contributed by atoms with E-state index in [1.54, 1.807) is 4.31 Å². The van der Waals surface area contributed by atoms with Gasteiger partial charge in [-0.25, -0.2) is 44.2 Å². The van der Waals surface area contributed by atoms with Crippen molar-refractivity contribution < 1.29 is 44.7 Å². The molecule has 0 spiro atoms. The summed E-state index contributed by atoms with van der Waals surface area (Å²) in [5.41, 5.74) is 12.1. The number of halogens is 3. The number of nitrogens with two attached hydrogens (primary N) is 2. The molecule has 2 aromatic heterocycles. The molecule has 7 rings (SSSR count). The molecule has 0 amide bonds. The number of nitrogens with one attached hydrogen (secondary N) is 2. The molecule has 6 N–H and O–H groups in total. The van der Waals surface area contributed by atoms with Crippen LogP contribution < -0.4 is 31.6 Å². The Morgan fingerprint density at radius 3 is 1.47 bits per heavy atom. The van der Waals surface area contributed by atoms with Crippen LogP contribution in [0.2, 0.25) is 0 Å². The van der Waals surface area contributed by atoms with Crippen molar-refractivity contribution in [3.8, 4) is 11.5 Å². The second-order valence-corrected chi connectivity index (χ2v) is 21.7. The van der Waals surface area contributed by atoms with E-state index in [2.05, 4.69) is 47.4 Å². The molecule has 4 aromatic rings. The third-order valence-corrected chi connectivity index (χ3v) is 16.5. The van der Waals surface area contributed by atoms with Crippen molar-refractivity contribution >= 4 is 66.7 Å². The molecule has 3 aliphatic heterocycles. The number of carbonyl (C=O) groups excluding carboxylic acids is 2. The predicted octanol–water partition coefficient (Wildman–Crippen LogP) is 3.55. The number of alkyl halides is 1. The summed E-state index contributed by atoms with van der Waals surface area (Å²) < 4.78 is 90.9. The molecule has 70 heavy (non-hydrogen) atoms. The highest BCUT2D eigenvalue weighted by atomic mass is 35.5. The van der Waals surface area contributed by atoms with Gasteiger partial charge < -0.3 is 41.4 Å². The number of ether oxygens (including phenoxy) is 2. The molecule has 20 nitrogen and oxygen atoms in total. The Morgan fingerprint density at radius 1 is 0.671 bits per heavy atom. The summed E-state index contributed by atoms with van der Waals surface area (Å²) in [4.78, 5) is 47.1. The van der Waals surface area contributed by atoms with Gasteiger partial charge in [-0.05, 0) is 88.5 Å². The van der Waals surface area contributed by atoms with Gasteiger partial charge in [0.1, 0.15) is 34.8 Å². The number of methoxy groups -OCH3 is 2. The lowest BCUT2D eigenvalue weighted by molar-refractivity contribution is 0.102. The van der Waals surface area contributed by atoms with Crippen molar-refractivity contribution in [2.24, 2.45) is 0 Å². The number of anilines is 4. The molecule has 0 aliphatic carbocycles. The van der Waals surface area contributed by atoms with Gasteiger partial charge in [0.05, 0.1) is 48.0 Å². The monoisotopic (exact) mass is 1030 g/mol. The summed E-state index contributed by atoms with van der Waals surface area (Å²) in [7, 11) is -1.74. The van der Waals surface area contributed by atoms with Crippen LogP contribution in [0.1, 0.15) is 70.4 Å². The zero-order valence-corrected chi connectivity index (χ0v) is 41.8. The zero-order chi connectivity index (χ0) is 50.6. The van der Waals surface area contributed by atoms with Crippen LogP contribution in [0, 0.1) is 11.6 Å². The van der Waals surface area contributed by atoms with E-state index in [1.165, 1.54) is 55.2 Å². The van der Waals surface area contributed by atoms with Crippen LogP contribution >= 0.6 is 11.6 Å². The lowest BCUT2D eigenvalue weighted by Gasteiger charge is -2.33. The number of piperidine rings is 2. The minimum atomic E-state index is -3.31. The van der Waals surface area contributed by atoms with Crippen molar-refractivity contribution in [3.05, 3.63) is 82.7 Å². The largest absolute Gasteiger partial charge is 0.496 e.